The van der Waals surface area contributed by atoms with E-state index >= 15 is 0 Å². The fourth-order valence-electron chi connectivity index (χ4n) is 0.619. The standard InChI is InChI=1S/C9H13FO3/c1-9(2,12)7-8(11)13-6-4-3-5-10/h12H,5-7H2,1-2H3. The van der Waals surface area contributed by atoms with Crippen LogP contribution in [-0.4, -0.2) is 30.0 Å². The summed E-state index contributed by atoms with van der Waals surface area (Å²) in [7, 11) is 0. The average Bonchev–Trinajstić information content (AvgIpc) is 1.94. The van der Waals surface area contributed by atoms with Crippen molar-refractivity contribution in [2.45, 2.75) is 25.9 Å². The zero-order valence-electron chi connectivity index (χ0n) is 7.76. The summed E-state index contributed by atoms with van der Waals surface area (Å²) < 4.78 is 16.0. The van der Waals surface area contributed by atoms with E-state index in [1.807, 2.05) is 0 Å². The van der Waals surface area contributed by atoms with Gasteiger partial charge in [0.2, 0.25) is 0 Å². The van der Waals surface area contributed by atoms with Crippen LogP contribution in [0.2, 0.25) is 0 Å². The first kappa shape index (κ1) is 11.9. The number of alkyl halides is 1. The molecule has 4 heteroatoms. The summed E-state index contributed by atoms with van der Waals surface area (Å²) in [5.74, 6) is 3.87. The van der Waals surface area contributed by atoms with Gasteiger partial charge in [-0.3, -0.25) is 4.79 Å². The molecular formula is C9H13FO3. The van der Waals surface area contributed by atoms with Crippen LogP contribution in [0.4, 0.5) is 4.39 Å². The van der Waals surface area contributed by atoms with Crippen LogP contribution in [0.25, 0.3) is 0 Å². The molecular weight excluding hydrogens is 175 g/mol. The molecule has 0 bridgehead atoms. The molecule has 74 valence electrons. The van der Waals surface area contributed by atoms with Gasteiger partial charge in [-0.25, -0.2) is 4.39 Å². The largest absolute Gasteiger partial charge is 0.452 e. The Labute approximate surface area is 76.9 Å². The van der Waals surface area contributed by atoms with E-state index in [4.69, 9.17) is 0 Å². The van der Waals surface area contributed by atoms with Gasteiger partial charge in [0, 0.05) is 0 Å². The summed E-state index contributed by atoms with van der Waals surface area (Å²) in [5.41, 5.74) is -1.08. The third-order valence-corrected chi connectivity index (χ3v) is 1.07. The van der Waals surface area contributed by atoms with Gasteiger partial charge in [-0.05, 0) is 13.8 Å². The van der Waals surface area contributed by atoms with Crippen LogP contribution >= 0.6 is 0 Å². The van der Waals surface area contributed by atoms with E-state index in [0.717, 1.165) is 0 Å². The summed E-state index contributed by atoms with van der Waals surface area (Å²) in [6.07, 6.45) is -0.0930. The molecule has 1 N–H and O–H groups in total. The number of ether oxygens (including phenoxy) is 1. The maximum Gasteiger partial charge on any atom is 0.309 e. The Bertz CT molecular complexity index is 219. The number of hydrogen-bond donors (Lipinski definition) is 1. The molecule has 0 aliphatic heterocycles. The van der Waals surface area contributed by atoms with Gasteiger partial charge in [0.05, 0.1) is 12.0 Å². The monoisotopic (exact) mass is 188 g/mol. The molecule has 0 unspecified atom stereocenters. The van der Waals surface area contributed by atoms with Gasteiger partial charge < -0.3 is 9.84 Å². The molecule has 3 nitrogen and oxygen atoms in total. The van der Waals surface area contributed by atoms with Gasteiger partial charge in [0.15, 0.2) is 6.61 Å². The Hall–Kier alpha value is -1.08. The van der Waals surface area contributed by atoms with Gasteiger partial charge in [-0.15, -0.1) is 0 Å². The molecule has 0 atom stereocenters. The second-order valence-electron chi connectivity index (χ2n) is 3.14. The number of aliphatic hydroxyl groups is 1. The number of carbonyl (C=O) groups is 1. The van der Waals surface area contributed by atoms with Crippen molar-refractivity contribution >= 4 is 5.97 Å². The Morgan fingerprint density at radius 3 is 2.62 bits per heavy atom. The predicted molar refractivity (Wildman–Crippen MR) is 45.6 cm³/mol. The van der Waals surface area contributed by atoms with E-state index in [9.17, 15) is 14.3 Å². The summed E-state index contributed by atoms with van der Waals surface area (Å²) >= 11 is 0. The van der Waals surface area contributed by atoms with Gasteiger partial charge in [-0.1, -0.05) is 11.8 Å². The van der Waals surface area contributed by atoms with Crippen LogP contribution < -0.4 is 0 Å². The van der Waals surface area contributed by atoms with Gasteiger partial charge >= 0.3 is 5.97 Å². The molecule has 0 aromatic rings. The molecule has 0 saturated heterocycles. The number of hydrogen-bond acceptors (Lipinski definition) is 3. The number of carbonyl (C=O) groups excluding carboxylic acids is 1. The first-order chi connectivity index (χ1) is 5.95. The first-order valence-corrected chi connectivity index (χ1v) is 3.85. The third kappa shape index (κ3) is 8.83. The Kier molecular flexibility index (Phi) is 5.09. The fourth-order valence-corrected chi connectivity index (χ4v) is 0.619. The van der Waals surface area contributed by atoms with Crippen molar-refractivity contribution in [3.8, 4) is 11.8 Å². The highest BCUT2D eigenvalue weighted by atomic mass is 19.1. The van der Waals surface area contributed by atoms with Crippen LogP contribution in [0.15, 0.2) is 0 Å². The van der Waals surface area contributed by atoms with Crippen molar-refractivity contribution in [2.75, 3.05) is 13.3 Å². The van der Waals surface area contributed by atoms with Gasteiger partial charge in [-0.2, -0.15) is 0 Å². The summed E-state index contributed by atoms with van der Waals surface area (Å²) in [4.78, 5) is 10.9. The molecule has 0 spiro atoms. The molecule has 0 amide bonds. The second-order valence-corrected chi connectivity index (χ2v) is 3.14. The van der Waals surface area contributed by atoms with E-state index < -0.39 is 18.2 Å². The minimum atomic E-state index is -1.08. The van der Waals surface area contributed by atoms with Crippen LogP contribution in [0.3, 0.4) is 0 Å². The van der Waals surface area contributed by atoms with Crippen molar-refractivity contribution in [3.05, 3.63) is 0 Å². The van der Waals surface area contributed by atoms with Gasteiger partial charge in [0.25, 0.3) is 0 Å². The topological polar surface area (TPSA) is 46.5 Å². The van der Waals surface area contributed by atoms with E-state index in [1.54, 1.807) is 0 Å². The van der Waals surface area contributed by atoms with Crippen molar-refractivity contribution in [1.82, 2.24) is 0 Å². The molecule has 0 fully saturated rings. The lowest BCUT2D eigenvalue weighted by molar-refractivity contribution is -0.146. The summed E-state index contributed by atoms with van der Waals surface area (Å²) in [5, 5.41) is 9.19. The number of rotatable bonds is 3. The second kappa shape index (κ2) is 5.55. The quantitative estimate of drug-likeness (QED) is 0.523. The number of esters is 1. The maximum atomic E-state index is 11.4. The van der Waals surface area contributed by atoms with E-state index in [2.05, 4.69) is 16.6 Å². The lowest BCUT2D eigenvalue weighted by Crippen LogP contribution is -2.24. The molecule has 0 saturated carbocycles. The molecule has 13 heavy (non-hydrogen) atoms. The highest BCUT2D eigenvalue weighted by Crippen LogP contribution is 2.07. The maximum absolute atomic E-state index is 11.4. The van der Waals surface area contributed by atoms with Crippen LogP contribution in [0.5, 0.6) is 0 Å². The summed E-state index contributed by atoms with van der Waals surface area (Å²) in [6.45, 7) is 2.13. The van der Waals surface area contributed by atoms with Crippen molar-refractivity contribution in [1.29, 1.82) is 0 Å². The Balaban J connectivity index is 3.64. The van der Waals surface area contributed by atoms with Crippen molar-refractivity contribution in [2.24, 2.45) is 0 Å². The molecule has 0 aromatic heterocycles. The third-order valence-electron chi connectivity index (χ3n) is 1.07. The smallest absolute Gasteiger partial charge is 0.309 e. The highest BCUT2D eigenvalue weighted by molar-refractivity contribution is 5.70. The molecule has 0 rings (SSSR count). The summed E-state index contributed by atoms with van der Waals surface area (Å²) in [6, 6.07) is 0. The number of halogens is 1. The minimum absolute atomic E-state index is 0.0930. The van der Waals surface area contributed by atoms with E-state index in [0.29, 0.717) is 0 Å². The van der Waals surface area contributed by atoms with Crippen LogP contribution in [0, 0.1) is 11.8 Å². The zero-order valence-corrected chi connectivity index (χ0v) is 7.76. The molecule has 0 aromatic carbocycles. The van der Waals surface area contributed by atoms with E-state index in [1.165, 1.54) is 13.8 Å². The SMILES string of the molecule is CC(C)(O)CC(=O)OCC#CCF. The predicted octanol–water partition coefficient (Wildman–Crippen LogP) is 0.663. The Morgan fingerprint density at radius 1 is 1.54 bits per heavy atom. The molecule has 0 aliphatic carbocycles. The molecule has 0 radical (unpaired) electrons. The molecule has 0 aliphatic rings. The highest BCUT2D eigenvalue weighted by Gasteiger charge is 2.18. The normalized spacial score (nSPS) is 10.2. The fraction of sp³-hybridized carbons (Fsp3) is 0.667. The first-order valence-electron chi connectivity index (χ1n) is 3.85. The van der Waals surface area contributed by atoms with Gasteiger partial charge in [0.1, 0.15) is 6.67 Å². The minimum Gasteiger partial charge on any atom is -0.452 e. The van der Waals surface area contributed by atoms with Crippen molar-refractivity contribution in [3.63, 3.8) is 0 Å². The van der Waals surface area contributed by atoms with Crippen molar-refractivity contribution < 1.29 is 19.0 Å². The zero-order chi connectivity index (χ0) is 10.3. The average molecular weight is 188 g/mol. The Morgan fingerprint density at radius 2 is 2.15 bits per heavy atom. The van der Waals surface area contributed by atoms with Crippen LogP contribution in [0.1, 0.15) is 20.3 Å². The lowest BCUT2D eigenvalue weighted by atomic mass is 10.1. The van der Waals surface area contributed by atoms with E-state index in [-0.39, 0.29) is 13.0 Å². The van der Waals surface area contributed by atoms with Crippen LogP contribution in [-0.2, 0) is 9.53 Å². The molecule has 0 heterocycles. The lowest BCUT2D eigenvalue weighted by Gasteiger charge is -2.14.